The number of carbonyl (C=O) groups excluding carboxylic acids is 1. The van der Waals surface area contributed by atoms with Gasteiger partial charge in [-0.1, -0.05) is 30.3 Å². The van der Waals surface area contributed by atoms with E-state index in [0.717, 1.165) is 36.0 Å². The Hall–Kier alpha value is -2.66. The minimum absolute atomic E-state index is 0.0997. The number of nitrogens with zero attached hydrogens (tertiary/aromatic N) is 1. The molecule has 0 spiro atoms. The second-order valence-electron chi connectivity index (χ2n) is 6.13. The minimum atomic E-state index is -0.422. The van der Waals surface area contributed by atoms with Gasteiger partial charge in [0.1, 0.15) is 5.60 Å². The van der Waals surface area contributed by atoms with E-state index in [-0.39, 0.29) is 5.91 Å². The fourth-order valence-corrected chi connectivity index (χ4v) is 3.31. The number of aromatic nitrogens is 2. The van der Waals surface area contributed by atoms with Gasteiger partial charge < -0.3 is 15.0 Å². The predicted octanol–water partition coefficient (Wildman–Crippen LogP) is 3.00. The fraction of sp³-hybridized carbons (Fsp3) is 0.263. The molecule has 5 heteroatoms. The molecule has 2 aromatic carbocycles. The molecule has 24 heavy (non-hydrogen) atoms. The number of aromatic amines is 1. The highest BCUT2D eigenvalue weighted by Crippen LogP contribution is 2.35. The number of ether oxygens (including phenoxy) is 1. The number of hydrogen-bond acceptors (Lipinski definition) is 3. The normalized spacial score (nSPS) is 20.3. The van der Waals surface area contributed by atoms with Gasteiger partial charge >= 0.3 is 0 Å². The number of nitrogens with one attached hydrogen (secondary N) is 2. The van der Waals surface area contributed by atoms with Gasteiger partial charge in [0.15, 0.2) is 0 Å². The third-order valence-electron chi connectivity index (χ3n) is 4.62. The van der Waals surface area contributed by atoms with Crippen LogP contribution in [0, 0.1) is 0 Å². The topological polar surface area (TPSA) is 67.0 Å². The summed E-state index contributed by atoms with van der Waals surface area (Å²) in [7, 11) is 0. The van der Waals surface area contributed by atoms with Crippen LogP contribution in [0.15, 0.2) is 54.9 Å². The van der Waals surface area contributed by atoms with Gasteiger partial charge in [-0.15, -0.1) is 0 Å². The summed E-state index contributed by atoms with van der Waals surface area (Å²) in [6, 6.07) is 15.6. The Bertz CT molecular complexity index is 851. The van der Waals surface area contributed by atoms with E-state index in [9.17, 15) is 4.79 Å². The van der Waals surface area contributed by atoms with E-state index in [0.29, 0.717) is 12.1 Å². The molecule has 0 radical (unpaired) electrons. The fourth-order valence-electron chi connectivity index (χ4n) is 3.31. The average Bonchev–Trinajstić information content (AvgIpc) is 3.30. The van der Waals surface area contributed by atoms with E-state index in [1.807, 2.05) is 30.3 Å². The van der Waals surface area contributed by atoms with Crippen molar-refractivity contribution in [2.45, 2.75) is 18.4 Å². The van der Waals surface area contributed by atoms with Crippen molar-refractivity contribution in [3.05, 3.63) is 66.0 Å². The molecule has 2 N–H and O–H groups in total. The monoisotopic (exact) mass is 321 g/mol. The van der Waals surface area contributed by atoms with Crippen molar-refractivity contribution in [1.29, 1.82) is 0 Å². The van der Waals surface area contributed by atoms with Gasteiger partial charge in [0.05, 0.1) is 23.9 Å². The van der Waals surface area contributed by atoms with Gasteiger partial charge in [-0.25, -0.2) is 4.98 Å². The molecule has 1 fully saturated rings. The third kappa shape index (κ3) is 2.67. The molecule has 0 aliphatic carbocycles. The van der Waals surface area contributed by atoms with E-state index in [1.54, 1.807) is 12.4 Å². The predicted molar refractivity (Wildman–Crippen MR) is 91.7 cm³/mol. The number of H-pyrrole nitrogens is 1. The summed E-state index contributed by atoms with van der Waals surface area (Å²) in [6.45, 7) is 1.20. The summed E-state index contributed by atoms with van der Waals surface area (Å²) in [5.74, 6) is -0.0997. The molecule has 2 heterocycles. The molecule has 4 rings (SSSR count). The van der Waals surface area contributed by atoms with Crippen LogP contribution in [0.25, 0.3) is 11.0 Å². The van der Waals surface area contributed by atoms with Crippen LogP contribution in [0.4, 0.5) is 0 Å². The van der Waals surface area contributed by atoms with Crippen molar-refractivity contribution in [2.24, 2.45) is 0 Å². The Balaban J connectivity index is 1.52. The summed E-state index contributed by atoms with van der Waals surface area (Å²) in [4.78, 5) is 19.7. The molecule has 1 aromatic heterocycles. The number of imidazole rings is 1. The molecule has 122 valence electrons. The number of carbonyl (C=O) groups is 1. The lowest BCUT2D eigenvalue weighted by molar-refractivity contribution is 0.00135. The van der Waals surface area contributed by atoms with Crippen molar-refractivity contribution >= 4 is 16.9 Å². The molecular weight excluding hydrogens is 302 g/mol. The number of amides is 1. The van der Waals surface area contributed by atoms with E-state index in [2.05, 4.69) is 27.4 Å². The molecule has 1 atom stereocenters. The smallest absolute Gasteiger partial charge is 0.251 e. The highest BCUT2D eigenvalue weighted by Gasteiger charge is 2.37. The Morgan fingerprint density at radius 3 is 2.92 bits per heavy atom. The summed E-state index contributed by atoms with van der Waals surface area (Å²) >= 11 is 0. The van der Waals surface area contributed by atoms with Crippen molar-refractivity contribution in [1.82, 2.24) is 15.3 Å². The van der Waals surface area contributed by atoms with Crippen molar-refractivity contribution in [2.75, 3.05) is 13.2 Å². The lowest BCUT2D eigenvalue weighted by Gasteiger charge is -2.29. The Morgan fingerprint density at radius 1 is 1.25 bits per heavy atom. The molecule has 0 saturated carbocycles. The zero-order valence-electron chi connectivity index (χ0n) is 13.3. The van der Waals surface area contributed by atoms with Crippen LogP contribution >= 0.6 is 0 Å². The quantitative estimate of drug-likeness (QED) is 0.776. The maximum atomic E-state index is 12.5. The van der Waals surface area contributed by atoms with Crippen molar-refractivity contribution in [3.8, 4) is 0 Å². The molecule has 1 aliphatic rings. The zero-order valence-corrected chi connectivity index (χ0v) is 13.3. The lowest BCUT2D eigenvalue weighted by Crippen LogP contribution is -2.40. The van der Waals surface area contributed by atoms with Gasteiger partial charge in [0.25, 0.3) is 5.91 Å². The van der Waals surface area contributed by atoms with Gasteiger partial charge in [-0.2, -0.15) is 0 Å². The average molecular weight is 321 g/mol. The largest absolute Gasteiger partial charge is 0.368 e. The maximum absolute atomic E-state index is 12.5. The first kappa shape index (κ1) is 14.9. The molecule has 1 amide bonds. The highest BCUT2D eigenvalue weighted by atomic mass is 16.5. The van der Waals surface area contributed by atoms with Crippen LogP contribution in [0.3, 0.4) is 0 Å². The van der Waals surface area contributed by atoms with Gasteiger partial charge in [0.2, 0.25) is 0 Å². The zero-order chi connectivity index (χ0) is 16.4. The Kier molecular flexibility index (Phi) is 3.78. The molecule has 1 saturated heterocycles. The van der Waals surface area contributed by atoms with Gasteiger partial charge in [0, 0.05) is 12.2 Å². The first-order chi connectivity index (χ1) is 11.8. The Labute approximate surface area is 140 Å². The standard InChI is InChI=1S/C19H19N3O2/c23-18(14-7-8-16-17(11-14)22-13-21-16)20-12-19(9-4-10-24-19)15-5-2-1-3-6-15/h1-3,5-8,11,13H,4,9-10,12H2,(H,20,23)(H,21,22). The lowest BCUT2D eigenvalue weighted by atomic mass is 9.90. The third-order valence-corrected chi connectivity index (χ3v) is 4.62. The van der Waals surface area contributed by atoms with E-state index in [1.165, 1.54) is 0 Å². The molecule has 3 aromatic rings. The number of hydrogen-bond donors (Lipinski definition) is 2. The summed E-state index contributed by atoms with van der Waals surface area (Å²) in [5, 5.41) is 3.04. The van der Waals surface area contributed by atoms with E-state index in [4.69, 9.17) is 4.74 Å². The second-order valence-corrected chi connectivity index (χ2v) is 6.13. The van der Waals surface area contributed by atoms with E-state index < -0.39 is 5.60 Å². The summed E-state index contributed by atoms with van der Waals surface area (Å²) < 4.78 is 6.04. The van der Waals surface area contributed by atoms with Crippen LogP contribution in [-0.2, 0) is 10.3 Å². The van der Waals surface area contributed by atoms with Crippen LogP contribution in [0.2, 0.25) is 0 Å². The number of rotatable bonds is 4. The molecule has 5 nitrogen and oxygen atoms in total. The van der Waals surface area contributed by atoms with Gasteiger partial charge in [-0.3, -0.25) is 4.79 Å². The van der Waals surface area contributed by atoms with Gasteiger partial charge in [-0.05, 0) is 36.6 Å². The maximum Gasteiger partial charge on any atom is 0.251 e. The van der Waals surface area contributed by atoms with Crippen LogP contribution in [0.1, 0.15) is 28.8 Å². The van der Waals surface area contributed by atoms with Crippen molar-refractivity contribution < 1.29 is 9.53 Å². The van der Waals surface area contributed by atoms with Crippen molar-refractivity contribution in [3.63, 3.8) is 0 Å². The Morgan fingerprint density at radius 2 is 2.12 bits per heavy atom. The molecular formula is C19H19N3O2. The van der Waals surface area contributed by atoms with Crippen LogP contribution < -0.4 is 5.32 Å². The molecule has 0 bridgehead atoms. The first-order valence-electron chi connectivity index (χ1n) is 8.18. The molecule has 1 aliphatic heterocycles. The first-order valence-corrected chi connectivity index (χ1v) is 8.18. The van der Waals surface area contributed by atoms with Crippen LogP contribution in [0.5, 0.6) is 0 Å². The summed E-state index contributed by atoms with van der Waals surface area (Å²) in [5.41, 5.74) is 3.03. The number of benzene rings is 2. The number of fused-ring (bicyclic) bond motifs is 1. The minimum Gasteiger partial charge on any atom is -0.368 e. The van der Waals surface area contributed by atoms with E-state index >= 15 is 0 Å². The second kappa shape index (κ2) is 6.09. The highest BCUT2D eigenvalue weighted by molar-refractivity contribution is 5.97. The van der Waals surface area contributed by atoms with Crippen LogP contribution in [-0.4, -0.2) is 29.0 Å². The SMILES string of the molecule is O=C(NCC1(c2ccccc2)CCCO1)c1ccc2nc[nH]c2c1. The summed E-state index contributed by atoms with van der Waals surface area (Å²) in [6.07, 6.45) is 3.55. The molecule has 1 unspecified atom stereocenters.